The highest BCUT2D eigenvalue weighted by Gasteiger charge is 2.16. The van der Waals surface area contributed by atoms with Crippen molar-refractivity contribution in [2.75, 3.05) is 7.11 Å². The third-order valence-electron chi connectivity index (χ3n) is 4.20. The van der Waals surface area contributed by atoms with E-state index < -0.39 is 0 Å². The van der Waals surface area contributed by atoms with Crippen molar-refractivity contribution < 1.29 is 14.3 Å². The van der Waals surface area contributed by atoms with Crippen molar-refractivity contribution in [3.05, 3.63) is 70.8 Å². The van der Waals surface area contributed by atoms with Gasteiger partial charge in [0.2, 0.25) is 0 Å². The summed E-state index contributed by atoms with van der Waals surface area (Å²) >= 11 is 0. The Balaban J connectivity index is 2.14. The molecule has 1 unspecified atom stereocenters. The summed E-state index contributed by atoms with van der Waals surface area (Å²) in [7, 11) is 1.36. The summed E-state index contributed by atoms with van der Waals surface area (Å²) in [6.07, 6.45) is 1.60. The summed E-state index contributed by atoms with van der Waals surface area (Å²) in [6.45, 7) is 6.51. The lowest BCUT2D eigenvalue weighted by Gasteiger charge is -2.20. The second kappa shape index (κ2) is 7.43. The van der Waals surface area contributed by atoms with Gasteiger partial charge < -0.3 is 9.53 Å². The van der Waals surface area contributed by atoms with Crippen LogP contribution in [0.4, 0.5) is 0 Å². The standard InChI is InChI=1S/C21H24O3/c1-21(2,3)19-11-9-16(10-12-19)18(14-22)13-15-5-7-17(8-6-15)20(23)24-4/h5-12,14,18H,13H2,1-4H3. The normalized spacial score (nSPS) is 12.5. The first-order valence-corrected chi connectivity index (χ1v) is 8.08. The Labute approximate surface area is 143 Å². The maximum Gasteiger partial charge on any atom is 0.337 e. The van der Waals surface area contributed by atoms with Gasteiger partial charge in [-0.3, -0.25) is 0 Å². The molecule has 1 atom stereocenters. The molecule has 0 bridgehead atoms. The molecule has 0 saturated carbocycles. The van der Waals surface area contributed by atoms with E-state index in [1.165, 1.54) is 12.7 Å². The van der Waals surface area contributed by atoms with Crippen LogP contribution < -0.4 is 0 Å². The quantitative estimate of drug-likeness (QED) is 0.608. The average Bonchev–Trinajstić information content (AvgIpc) is 2.59. The molecule has 0 aliphatic rings. The van der Waals surface area contributed by atoms with Crippen LogP contribution >= 0.6 is 0 Å². The molecule has 0 aromatic heterocycles. The molecule has 0 radical (unpaired) electrons. The van der Waals surface area contributed by atoms with Crippen LogP contribution in [0.25, 0.3) is 0 Å². The Morgan fingerprint density at radius 3 is 2.08 bits per heavy atom. The summed E-state index contributed by atoms with van der Waals surface area (Å²) in [4.78, 5) is 23.0. The first kappa shape index (κ1) is 17.9. The van der Waals surface area contributed by atoms with Crippen LogP contribution in [0.2, 0.25) is 0 Å². The zero-order valence-corrected chi connectivity index (χ0v) is 14.7. The van der Waals surface area contributed by atoms with Gasteiger partial charge in [-0.25, -0.2) is 4.79 Å². The third kappa shape index (κ3) is 4.31. The summed E-state index contributed by atoms with van der Waals surface area (Å²) in [6, 6.07) is 15.4. The van der Waals surface area contributed by atoms with E-state index in [4.69, 9.17) is 4.74 Å². The zero-order valence-electron chi connectivity index (χ0n) is 14.7. The maximum atomic E-state index is 11.5. The first-order valence-electron chi connectivity index (χ1n) is 8.08. The van der Waals surface area contributed by atoms with E-state index in [-0.39, 0.29) is 17.3 Å². The Bertz CT molecular complexity index is 691. The Kier molecular flexibility index (Phi) is 5.55. The lowest BCUT2D eigenvalue weighted by molar-refractivity contribution is -0.109. The molecule has 3 nitrogen and oxygen atoms in total. The average molecular weight is 324 g/mol. The molecule has 2 rings (SSSR count). The highest BCUT2D eigenvalue weighted by Crippen LogP contribution is 2.25. The number of benzene rings is 2. The van der Waals surface area contributed by atoms with E-state index in [9.17, 15) is 9.59 Å². The number of carbonyl (C=O) groups is 2. The molecule has 0 fully saturated rings. The van der Waals surface area contributed by atoms with Gasteiger partial charge in [-0.1, -0.05) is 57.2 Å². The number of rotatable bonds is 5. The minimum atomic E-state index is -0.355. The molecule has 0 aliphatic heterocycles. The molecular weight excluding hydrogens is 300 g/mol. The number of hydrogen-bond donors (Lipinski definition) is 0. The molecule has 0 amide bonds. The van der Waals surface area contributed by atoms with Gasteiger partial charge in [0.05, 0.1) is 12.7 Å². The second-order valence-electron chi connectivity index (χ2n) is 7.01. The summed E-state index contributed by atoms with van der Waals surface area (Å²) in [5, 5.41) is 0. The van der Waals surface area contributed by atoms with Crippen molar-refractivity contribution in [1.29, 1.82) is 0 Å². The smallest absolute Gasteiger partial charge is 0.337 e. The van der Waals surface area contributed by atoms with Crippen molar-refractivity contribution in [1.82, 2.24) is 0 Å². The fourth-order valence-electron chi connectivity index (χ4n) is 2.62. The Morgan fingerprint density at radius 2 is 1.62 bits per heavy atom. The van der Waals surface area contributed by atoms with E-state index in [1.54, 1.807) is 12.1 Å². The predicted molar refractivity (Wildman–Crippen MR) is 95.4 cm³/mol. The van der Waals surface area contributed by atoms with E-state index in [1.807, 2.05) is 24.3 Å². The van der Waals surface area contributed by atoms with Crippen LogP contribution in [0.5, 0.6) is 0 Å². The van der Waals surface area contributed by atoms with Crippen LogP contribution in [-0.4, -0.2) is 19.4 Å². The van der Waals surface area contributed by atoms with Crippen molar-refractivity contribution in [3.63, 3.8) is 0 Å². The minimum Gasteiger partial charge on any atom is -0.465 e. The maximum absolute atomic E-state index is 11.5. The SMILES string of the molecule is COC(=O)c1ccc(CC(C=O)c2ccc(C(C)(C)C)cc2)cc1. The number of hydrogen-bond acceptors (Lipinski definition) is 3. The molecule has 0 spiro atoms. The van der Waals surface area contributed by atoms with Crippen LogP contribution in [-0.2, 0) is 21.4 Å². The lowest BCUT2D eigenvalue weighted by atomic mass is 9.85. The van der Waals surface area contributed by atoms with E-state index >= 15 is 0 Å². The molecule has 24 heavy (non-hydrogen) atoms. The highest BCUT2D eigenvalue weighted by molar-refractivity contribution is 5.89. The van der Waals surface area contributed by atoms with Gasteiger partial charge in [-0.05, 0) is 40.7 Å². The van der Waals surface area contributed by atoms with Gasteiger partial charge in [0.15, 0.2) is 0 Å². The largest absolute Gasteiger partial charge is 0.465 e. The van der Waals surface area contributed by atoms with Crippen molar-refractivity contribution in [3.8, 4) is 0 Å². The molecule has 0 N–H and O–H groups in total. The number of carbonyl (C=O) groups excluding carboxylic acids is 2. The van der Waals surface area contributed by atoms with Crippen LogP contribution in [0, 0.1) is 0 Å². The summed E-state index contributed by atoms with van der Waals surface area (Å²) in [5.74, 6) is -0.547. The van der Waals surface area contributed by atoms with Gasteiger partial charge in [0, 0.05) is 5.92 Å². The number of methoxy groups -OCH3 is 1. The van der Waals surface area contributed by atoms with Gasteiger partial charge in [-0.15, -0.1) is 0 Å². The van der Waals surface area contributed by atoms with Crippen molar-refractivity contribution in [2.24, 2.45) is 0 Å². The fraction of sp³-hybridized carbons (Fsp3) is 0.333. The van der Waals surface area contributed by atoms with Gasteiger partial charge in [-0.2, -0.15) is 0 Å². The third-order valence-corrected chi connectivity index (χ3v) is 4.20. The van der Waals surface area contributed by atoms with Crippen molar-refractivity contribution in [2.45, 2.75) is 38.5 Å². The molecule has 0 heterocycles. The Hall–Kier alpha value is -2.42. The molecular formula is C21H24O3. The molecule has 3 heteroatoms. The molecule has 2 aromatic carbocycles. The Morgan fingerprint density at radius 1 is 1.04 bits per heavy atom. The predicted octanol–water partition coefficient (Wildman–Crippen LogP) is 4.30. The molecule has 0 saturated heterocycles. The van der Waals surface area contributed by atoms with E-state index in [0.29, 0.717) is 12.0 Å². The second-order valence-corrected chi connectivity index (χ2v) is 7.01. The highest BCUT2D eigenvalue weighted by atomic mass is 16.5. The molecule has 2 aromatic rings. The van der Waals surface area contributed by atoms with Crippen molar-refractivity contribution >= 4 is 12.3 Å². The topological polar surface area (TPSA) is 43.4 Å². The molecule has 126 valence electrons. The van der Waals surface area contributed by atoms with Gasteiger partial charge in [0.1, 0.15) is 6.29 Å². The summed E-state index contributed by atoms with van der Waals surface area (Å²) in [5.41, 5.74) is 3.88. The van der Waals surface area contributed by atoms with Gasteiger partial charge >= 0.3 is 5.97 Å². The van der Waals surface area contributed by atoms with Crippen LogP contribution in [0.1, 0.15) is 53.7 Å². The van der Waals surface area contributed by atoms with Gasteiger partial charge in [0.25, 0.3) is 0 Å². The number of ether oxygens (including phenoxy) is 1. The fourth-order valence-corrected chi connectivity index (χ4v) is 2.62. The zero-order chi connectivity index (χ0) is 17.7. The number of aldehydes is 1. The van der Waals surface area contributed by atoms with Crippen LogP contribution in [0.3, 0.4) is 0 Å². The minimum absolute atomic E-state index is 0.0962. The monoisotopic (exact) mass is 324 g/mol. The first-order chi connectivity index (χ1) is 11.3. The lowest BCUT2D eigenvalue weighted by Crippen LogP contribution is -2.11. The van der Waals surface area contributed by atoms with E-state index in [2.05, 4.69) is 32.9 Å². The van der Waals surface area contributed by atoms with E-state index in [0.717, 1.165) is 17.4 Å². The summed E-state index contributed by atoms with van der Waals surface area (Å²) < 4.78 is 4.69. The number of esters is 1. The molecule has 0 aliphatic carbocycles. The van der Waals surface area contributed by atoms with Crippen LogP contribution in [0.15, 0.2) is 48.5 Å².